The molecule has 0 radical (unpaired) electrons. The molecule has 4 rings (SSSR count). The van der Waals surface area contributed by atoms with E-state index in [9.17, 15) is 5.11 Å². The number of fused-ring (bicyclic) bond motifs is 5. The summed E-state index contributed by atoms with van der Waals surface area (Å²) in [5.41, 5.74) is 4.21. The van der Waals surface area contributed by atoms with E-state index in [1.807, 2.05) is 5.57 Å². The third-order valence-electron chi connectivity index (χ3n) is 11.0. The highest BCUT2D eigenvalue weighted by Gasteiger charge is 2.58. The maximum atomic E-state index is 10.3. The summed E-state index contributed by atoms with van der Waals surface area (Å²) in [6, 6.07) is 0. The number of hydrogen-bond acceptors (Lipinski definition) is 1. The highest BCUT2D eigenvalue weighted by atomic mass is 16.3. The summed E-state index contributed by atoms with van der Waals surface area (Å²) < 4.78 is 0. The van der Waals surface area contributed by atoms with Crippen molar-refractivity contribution in [2.24, 2.45) is 46.3 Å². The second kappa shape index (κ2) is 8.42. The fraction of sp³-hybridized carbons (Fsp3) is 0.862. The second-order valence-electron chi connectivity index (χ2n) is 12.4. The topological polar surface area (TPSA) is 20.2 Å². The van der Waals surface area contributed by atoms with Crippen LogP contribution in [-0.2, 0) is 0 Å². The van der Waals surface area contributed by atoms with Crippen molar-refractivity contribution in [2.45, 2.75) is 111 Å². The Morgan fingerprint density at radius 2 is 1.80 bits per heavy atom. The molecule has 170 valence electrons. The van der Waals surface area contributed by atoms with Gasteiger partial charge < -0.3 is 5.11 Å². The molecule has 0 aromatic carbocycles. The number of rotatable bonds is 6. The monoisotopic (exact) mass is 412 g/mol. The molecule has 1 nitrogen and oxygen atoms in total. The number of aliphatic hydroxyl groups excluding tert-OH is 1. The minimum atomic E-state index is -0.0465. The third kappa shape index (κ3) is 3.66. The zero-order chi connectivity index (χ0) is 21.7. The van der Waals surface area contributed by atoms with E-state index in [1.54, 1.807) is 0 Å². The predicted octanol–water partition coefficient (Wildman–Crippen LogP) is 7.94. The average molecular weight is 413 g/mol. The summed E-state index contributed by atoms with van der Waals surface area (Å²) >= 11 is 0. The molecule has 0 saturated heterocycles. The Morgan fingerprint density at radius 3 is 2.50 bits per heavy atom. The van der Waals surface area contributed by atoms with E-state index < -0.39 is 0 Å². The van der Waals surface area contributed by atoms with E-state index >= 15 is 0 Å². The molecule has 0 amide bonds. The van der Waals surface area contributed by atoms with E-state index in [0.29, 0.717) is 22.7 Å². The van der Waals surface area contributed by atoms with Gasteiger partial charge in [-0.15, -0.1) is 0 Å². The van der Waals surface area contributed by atoms with Crippen LogP contribution in [-0.4, -0.2) is 11.2 Å². The summed E-state index contributed by atoms with van der Waals surface area (Å²) in [7, 11) is 0. The van der Waals surface area contributed by atoms with Gasteiger partial charge in [-0.2, -0.15) is 0 Å². The molecule has 3 fully saturated rings. The molecule has 1 heteroatoms. The van der Waals surface area contributed by atoms with Gasteiger partial charge in [0.2, 0.25) is 0 Å². The van der Waals surface area contributed by atoms with Crippen LogP contribution in [0.1, 0.15) is 105 Å². The Kier molecular flexibility index (Phi) is 6.35. The van der Waals surface area contributed by atoms with Crippen LogP contribution in [0.25, 0.3) is 0 Å². The summed E-state index contributed by atoms with van der Waals surface area (Å²) in [6.07, 6.45) is 16.8. The van der Waals surface area contributed by atoms with Gasteiger partial charge in [0.25, 0.3) is 0 Å². The fourth-order valence-corrected chi connectivity index (χ4v) is 8.93. The van der Waals surface area contributed by atoms with Gasteiger partial charge in [-0.05, 0) is 124 Å². The first-order chi connectivity index (χ1) is 14.2. The first kappa shape index (κ1) is 22.6. The van der Waals surface area contributed by atoms with Crippen molar-refractivity contribution in [1.29, 1.82) is 0 Å². The first-order valence-electron chi connectivity index (χ1n) is 13.2. The van der Waals surface area contributed by atoms with Gasteiger partial charge in [-0.25, -0.2) is 0 Å². The number of hydrogen-bond donors (Lipinski definition) is 1. The van der Waals surface area contributed by atoms with Crippen molar-refractivity contribution in [1.82, 2.24) is 0 Å². The van der Waals surface area contributed by atoms with Crippen molar-refractivity contribution in [3.05, 3.63) is 23.8 Å². The fourth-order valence-electron chi connectivity index (χ4n) is 8.93. The Bertz CT molecular complexity index is 676. The zero-order valence-corrected chi connectivity index (χ0v) is 20.6. The Hall–Kier alpha value is -0.560. The molecule has 3 saturated carbocycles. The van der Waals surface area contributed by atoms with Crippen LogP contribution in [0.4, 0.5) is 0 Å². The summed E-state index contributed by atoms with van der Waals surface area (Å²) in [5, 5.41) is 10.3. The van der Waals surface area contributed by atoms with Crippen LogP contribution in [0.2, 0.25) is 0 Å². The van der Waals surface area contributed by atoms with E-state index in [4.69, 9.17) is 0 Å². The van der Waals surface area contributed by atoms with E-state index in [2.05, 4.69) is 47.3 Å². The Labute approximate surface area is 186 Å². The van der Waals surface area contributed by atoms with E-state index in [0.717, 1.165) is 36.5 Å². The van der Waals surface area contributed by atoms with Crippen molar-refractivity contribution in [2.75, 3.05) is 0 Å². The summed E-state index contributed by atoms with van der Waals surface area (Å²) in [5.74, 6) is 4.78. The molecule has 1 unspecified atom stereocenters. The molecule has 4 aliphatic rings. The third-order valence-corrected chi connectivity index (χ3v) is 11.0. The highest BCUT2D eigenvalue weighted by molar-refractivity contribution is 5.27. The van der Waals surface area contributed by atoms with Crippen molar-refractivity contribution < 1.29 is 5.11 Å². The van der Waals surface area contributed by atoms with Gasteiger partial charge in [-0.3, -0.25) is 0 Å². The van der Waals surface area contributed by atoms with E-state index in [1.165, 1.54) is 63.4 Å². The van der Waals surface area contributed by atoms with Gasteiger partial charge in [0.05, 0.1) is 6.10 Å². The molecule has 0 spiro atoms. The lowest BCUT2D eigenvalue weighted by Crippen LogP contribution is -2.49. The average Bonchev–Trinajstić information content (AvgIpc) is 3.06. The van der Waals surface area contributed by atoms with Crippen LogP contribution >= 0.6 is 0 Å². The van der Waals surface area contributed by atoms with Gasteiger partial charge in [0, 0.05) is 0 Å². The smallest absolute Gasteiger partial charge is 0.0543 e. The van der Waals surface area contributed by atoms with Crippen LogP contribution < -0.4 is 0 Å². The minimum Gasteiger partial charge on any atom is -0.393 e. The molecule has 0 aromatic heterocycles. The standard InChI is InChI=1S/C29H48O/c1-7-21(19(2)3)9-8-20(4)25-12-13-26-24-11-10-22-18-23(30)14-16-28(22,5)27(24)15-17-29(25,26)6/h11,20-23,25-27,30H,2,7-10,12-18H2,1,3-6H3/t20-,21?,22+,23+,25-,26+,27+,28+,29-/m1/s1. The first-order valence-corrected chi connectivity index (χ1v) is 13.2. The lowest BCUT2D eigenvalue weighted by atomic mass is 9.47. The molecular weight excluding hydrogens is 364 g/mol. The van der Waals surface area contributed by atoms with Crippen molar-refractivity contribution in [3.63, 3.8) is 0 Å². The maximum absolute atomic E-state index is 10.3. The van der Waals surface area contributed by atoms with Crippen LogP contribution in [0.3, 0.4) is 0 Å². The normalized spacial score (nSPS) is 45.0. The lowest BCUT2D eigenvalue weighted by Gasteiger charge is -2.57. The van der Waals surface area contributed by atoms with Crippen LogP contribution in [0, 0.1) is 46.3 Å². The minimum absolute atomic E-state index is 0.0465. The number of aliphatic hydroxyl groups is 1. The maximum Gasteiger partial charge on any atom is 0.0543 e. The molecular formula is C29H48O. The quantitative estimate of drug-likeness (QED) is 0.439. The molecule has 0 aliphatic heterocycles. The second-order valence-corrected chi connectivity index (χ2v) is 12.4. The molecule has 4 aliphatic carbocycles. The largest absolute Gasteiger partial charge is 0.393 e. The molecule has 9 atom stereocenters. The molecule has 0 heterocycles. The van der Waals surface area contributed by atoms with Gasteiger partial charge in [0.1, 0.15) is 0 Å². The van der Waals surface area contributed by atoms with Gasteiger partial charge in [-0.1, -0.05) is 51.5 Å². The van der Waals surface area contributed by atoms with Crippen LogP contribution in [0.5, 0.6) is 0 Å². The zero-order valence-electron chi connectivity index (χ0n) is 20.6. The number of allylic oxidation sites excluding steroid dienone is 3. The Morgan fingerprint density at radius 1 is 1.10 bits per heavy atom. The molecule has 0 aromatic rings. The predicted molar refractivity (Wildman–Crippen MR) is 128 cm³/mol. The van der Waals surface area contributed by atoms with E-state index in [-0.39, 0.29) is 6.10 Å². The van der Waals surface area contributed by atoms with Gasteiger partial charge >= 0.3 is 0 Å². The van der Waals surface area contributed by atoms with Crippen LogP contribution in [0.15, 0.2) is 23.8 Å². The summed E-state index contributed by atoms with van der Waals surface area (Å²) in [4.78, 5) is 0. The lowest BCUT2D eigenvalue weighted by molar-refractivity contribution is -0.0428. The highest BCUT2D eigenvalue weighted by Crippen LogP contribution is 2.67. The summed E-state index contributed by atoms with van der Waals surface area (Å²) in [6.45, 7) is 16.6. The molecule has 0 bridgehead atoms. The SMILES string of the molecule is C=C(C)C(CC)CC[C@@H](C)[C@H]1CC[C@H]2C3=CC[C@H]4C[C@@H](O)CC[C@]4(C)[C@H]3CC[C@]12C. The molecule has 1 N–H and O–H groups in total. The van der Waals surface area contributed by atoms with Crippen molar-refractivity contribution in [3.8, 4) is 0 Å². The Balaban J connectivity index is 1.49. The van der Waals surface area contributed by atoms with Gasteiger partial charge in [0.15, 0.2) is 0 Å². The van der Waals surface area contributed by atoms with Crippen molar-refractivity contribution >= 4 is 0 Å². The molecule has 30 heavy (non-hydrogen) atoms.